The molecule has 0 saturated heterocycles. The van der Waals surface area contributed by atoms with Gasteiger partial charge in [-0.15, -0.1) is 0 Å². The highest BCUT2D eigenvalue weighted by molar-refractivity contribution is 5.91. The average molecular weight is 396 g/mol. The molecule has 0 radical (unpaired) electrons. The second-order valence-electron chi connectivity index (χ2n) is 8.00. The van der Waals surface area contributed by atoms with Gasteiger partial charge in [0, 0.05) is 41.2 Å². The van der Waals surface area contributed by atoms with Crippen LogP contribution in [0.4, 0.5) is 10.5 Å². The summed E-state index contributed by atoms with van der Waals surface area (Å²) in [6.45, 7) is 4.72. The maximum absolute atomic E-state index is 13.4. The number of aromatic nitrogens is 2. The number of hydrogen-bond acceptors (Lipinski definition) is 2. The number of benzene rings is 2. The molecule has 30 heavy (non-hydrogen) atoms. The lowest BCUT2D eigenvalue weighted by atomic mass is 9.93. The number of rotatable bonds is 2. The van der Waals surface area contributed by atoms with Gasteiger partial charge in [-0.05, 0) is 66.8 Å². The number of aromatic amines is 1. The van der Waals surface area contributed by atoms with E-state index in [1.54, 1.807) is 6.20 Å². The molecule has 5 rings (SSSR count). The molecule has 0 saturated carbocycles. The predicted molar refractivity (Wildman–Crippen MR) is 120 cm³/mol. The second-order valence-corrected chi connectivity index (χ2v) is 8.00. The van der Waals surface area contributed by atoms with Crippen molar-refractivity contribution in [3.8, 4) is 0 Å². The molecule has 0 bridgehead atoms. The number of amides is 2. The lowest BCUT2D eigenvalue weighted by molar-refractivity contribution is 0.193. The van der Waals surface area contributed by atoms with E-state index in [0.717, 1.165) is 40.0 Å². The first kappa shape index (κ1) is 18.4. The van der Waals surface area contributed by atoms with Gasteiger partial charge in [0.05, 0.1) is 0 Å². The fourth-order valence-electron chi connectivity index (χ4n) is 4.59. The molecule has 2 amide bonds. The number of carbonyl (C=O) groups is 1. The van der Waals surface area contributed by atoms with Gasteiger partial charge in [-0.2, -0.15) is 0 Å². The molecule has 5 heteroatoms. The lowest BCUT2D eigenvalue weighted by Gasteiger charge is -2.36. The fraction of sp³-hybridized carbons (Fsp3) is 0.200. The van der Waals surface area contributed by atoms with Crippen LogP contribution in [0.2, 0.25) is 0 Å². The fourth-order valence-corrected chi connectivity index (χ4v) is 4.59. The molecule has 3 heterocycles. The number of aryl methyl sites for hydroxylation is 2. The van der Waals surface area contributed by atoms with Crippen molar-refractivity contribution in [2.75, 3.05) is 11.9 Å². The van der Waals surface area contributed by atoms with E-state index in [0.29, 0.717) is 6.54 Å². The molecule has 2 aromatic heterocycles. The van der Waals surface area contributed by atoms with Crippen LogP contribution in [0.3, 0.4) is 0 Å². The van der Waals surface area contributed by atoms with E-state index in [9.17, 15) is 4.79 Å². The minimum atomic E-state index is -0.208. The molecule has 5 nitrogen and oxygen atoms in total. The van der Waals surface area contributed by atoms with Crippen molar-refractivity contribution in [1.29, 1.82) is 0 Å². The minimum Gasteiger partial charge on any atom is -0.356 e. The molecule has 0 aliphatic carbocycles. The first-order chi connectivity index (χ1) is 14.6. The van der Waals surface area contributed by atoms with Gasteiger partial charge in [-0.25, -0.2) is 4.79 Å². The van der Waals surface area contributed by atoms with E-state index < -0.39 is 0 Å². The summed E-state index contributed by atoms with van der Waals surface area (Å²) in [6.07, 6.45) is 4.43. The van der Waals surface area contributed by atoms with Gasteiger partial charge in [-0.1, -0.05) is 30.3 Å². The van der Waals surface area contributed by atoms with E-state index in [1.807, 2.05) is 55.3 Å². The minimum absolute atomic E-state index is 0.0989. The molecule has 1 aliphatic rings. The van der Waals surface area contributed by atoms with Crippen LogP contribution in [-0.2, 0) is 6.42 Å². The number of para-hydroxylation sites is 1. The van der Waals surface area contributed by atoms with Gasteiger partial charge in [0.2, 0.25) is 0 Å². The smallest absolute Gasteiger partial charge is 0.322 e. The molecule has 4 aromatic rings. The first-order valence-electron chi connectivity index (χ1n) is 10.3. The zero-order chi connectivity index (χ0) is 20.7. The maximum Gasteiger partial charge on any atom is 0.322 e. The number of nitrogens with one attached hydrogen (secondary N) is 2. The number of anilines is 1. The summed E-state index contributed by atoms with van der Waals surface area (Å²) in [5.41, 5.74) is 7.55. The highest BCUT2D eigenvalue weighted by Gasteiger charge is 2.34. The molecule has 1 atom stereocenters. The Labute approximate surface area is 175 Å². The summed E-state index contributed by atoms with van der Waals surface area (Å²) in [5.74, 6) is 0. The van der Waals surface area contributed by atoms with Gasteiger partial charge in [-0.3, -0.25) is 4.98 Å². The third-order valence-corrected chi connectivity index (χ3v) is 5.77. The van der Waals surface area contributed by atoms with E-state index in [4.69, 9.17) is 0 Å². The van der Waals surface area contributed by atoms with Crippen LogP contribution in [0.5, 0.6) is 0 Å². The Morgan fingerprint density at radius 1 is 1.10 bits per heavy atom. The zero-order valence-electron chi connectivity index (χ0n) is 17.1. The third kappa shape index (κ3) is 3.22. The summed E-state index contributed by atoms with van der Waals surface area (Å²) in [5, 5.41) is 4.34. The van der Waals surface area contributed by atoms with Gasteiger partial charge >= 0.3 is 6.03 Å². The Morgan fingerprint density at radius 2 is 1.90 bits per heavy atom. The molecule has 2 aromatic carbocycles. The Morgan fingerprint density at radius 3 is 2.67 bits per heavy atom. The number of H-pyrrole nitrogens is 1. The summed E-state index contributed by atoms with van der Waals surface area (Å²) < 4.78 is 0. The SMILES string of the molecule is Cc1cc(C)cc(NC(=O)N2CCc3c([nH]c4ccccc34)C2c2cccnc2)c1. The van der Waals surface area contributed by atoms with Crippen molar-refractivity contribution < 1.29 is 4.79 Å². The van der Waals surface area contributed by atoms with Gasteiger partial charge < -0.3 is 15.2 Å². The van der Waals surface area contributed by atoms with Crippen molar-refractivity contribution in [3.05, 3.63) is 94.9 Å². The summed E-state index contributed by atoms with van der Waals surface area (Å²) in [7, 11) is 0. The number of urea groups is 1. The molecular weight excluding hydrogens is 372 g/mol. The predicted octanol–water partition coefficient (Wildman–Crippen LogP) is 5.36. The molecule has 1 aliphatic heterocycles. The Bertz CT molecular complexity index is 1210. The summed E-state index contributed by atoms with van der Waals surface area (Å²) in [4.78, 5) is 23.2. The molecule has 1 unspecified atom stereocenters. The lowest BCUT2D eigenvalue weighted by Crippen LogP contribution is -2.43. The third-order valence-electron chi connectivity index (χ3n) is 5.77. The topological polar surface area (TPSA) is 61.0 Å². The Kier molecular flexibility index (Phi) is 4.51. The second kappa shape index (κ2) is 7.34. The molecule has 0 fully saturated rings. The van der Waals surface area contributed by atoms with E-state index in [-0.39, 0.29) is 12.1 Å². The standard InChI is InChI=1S/C25H24N4O/c1-16-12-17(2)14-19(13-16)27-25(30)29-11-9-21-20-7-3-4-8-22(20)28-23(21)24(29)18-6-5-10-26-15-18/h3-8,10,12-15,24,28H,9,11H2,1-2H3,(H,27,30). The number of nitrogens with zero attached hydrogens (tertiary/aromatic N) is 2. The van der Waals surface area contributed by atoms with Gasteiger partial charge in [0.25, 0.3) is 0 Å². The zero-order valence-corrected chi connectivity index (χ0v) is 17.1. The summed E-state index contributed by atoms with van der Waals surface area (Å²) >= 11 is 0. The van der Waals surface area contributed by atoms with E-state index in [1.165, 1.54) is 10.9 Å². The van der Waals surface area contributed by atoms with E-state index >= 15 is 0 Å². The molecular formula is C25H24N4O. The quantitative estimate of drug-likeness (QED) is 0.479. The number of pyridine rings is 1. The van der Waals surface area contributed by atoms with E-state index in [2.05, 4.69) is 39.6 Å². The van der Waals surface area contributed by atoms with Crippen molar-refractivity contribution in [3.63, 3.8) is 0 Å². The highest BCUT2D eigenvalue weighted by atomic mass is 16.2. The molecule has 2 N–H and O–H groups in total. The largest absolute Gasteiger partial charge is 0.356 e. The first-order valence-corrected chi connectivity index (χ1v) is 10.3. The molecule has 0 spiro atoms. The Hall–Kier alpha value is -3.60. The normalized spacial score (nSPS) is 15.8. The maximum atomic E-state index is 13.4. The van der Waals surface area contributed by atoms with Crippen molar-refractivity contribution in [2.24, 2.45) is 0 Å². The van der Waals surface area contributed by atoms with Crippen LogP contribution in [-0.4, -0.2) is 27.4 Å². The van der Waals surface area contributed by atoms with Crippen LogP contribution in [0.15, 0.2) is 67.0 Å². The van der Waals surface area contributed by atoms with Crippen molar-refractivity contribution in [1.82, 2.24) is 14.9 Å². The van der Waals surface area contributed by atoms with Crippen molar-refractivity contribution in [2.45, 2.75) is 26.3 Å². The van der Waals surface area contributed by atoms with Crippen LogP contribution in [0.1, 0.15) is 34.0 Å². The van der Waals surface area contributed by atoms with Gasteiger partial charge in [0.1, 0.15) is 6.04 Å². The monoisotopic (exact) mass is 396 g/mol. The highest BCUT2D eigenvalue weighted by Crippen LogP contribution is 2.38. The average Bonchev–Trinajstić information content (AvgIpc) is 3.11. The van der Waals surface area contributed by atoms with Crippen LogP contribution in [0.25, 0.3) is 10.9 Å². The van der Waals surface area contributed by atoms with Crippen LogP contribution in [0, 0.1) is 13.8 Å². The van der Waals surface area contributed by atoms with Crippen LogP contribution < -0.4 is 5.32 Å². The van der Waals surface area contributed by atoms with Crippen molar-refractivity contribution >= 4 is 22.6 Å². The Balaban J connectivity index is 1.56. The molecule has 150 valence electrons. The van der Waals surface area contributed by atoms with Gasteiger partial charge in [0.15, 0.2) is 0 Å². The number of fused-ring (bicyclic) bond motifs is 3. The van der Waals surface area contributed by atoms with Crippen LogP contribution >= 0.6 is 0 Å². The number of hydrogen-bond donors (Lipinski definition) is 2. The number of carbonyl (C=O) groups excluding carboxylic acids is 1. The summed E-state index contributed by atoms with van der Waals surface area (Å²) in [6, 6.07) is 18.1.